The standard InChI is InChI=1S/C15H14FN5O2S/c16-11-7-10(21-3-5-23-6-4-21)8-18-14(11)12-9-24-15(19-12)20-13(22)1-2-17/h7-9H,1,3-6H2,(H,19,20,22). The molecule has 0 bridgehead atoms. The van der Waals surface area contributed by atoms with E-state index in [-0.39, 0.29) is 12.1 Å². The number of nitriles is 1. The van der Waals surface area contributed by atoms with E-state index in [2.05, 4.69) is 15.3 Å². The van der Waals surface area contributed by atoms with Crippen molar-refractivity contribution >= 4 is 28.1 Å². The summed E-state index contributed by atoms with van der Waals surface area (Å²) in [6, 6.07) is 3.18. The number of thiazole rings is 1. The van der Waals surface area contributed by atoms with Gasteiger partial charge in [-0.15, -0.1) is 11.3 Å². The first-order valence-corrected chi connectivity index (χ1v) is 8.16. The Bertz CT molecular complexity index is 782. The van der Waals surface area contributed by atoms with E-state index >= 15 is 0 Å². The second kappa shape index (κ2) is 7.33. The monoisotopic (exact) mass is 347 g/mol. The minimum atomic E-state index is -0.473. The topological polar surface area (TPSA) is 91.1 Å². The molecule has 2 aromatic heterocycles. The van der Waals surface area contributed by atoms with Gasteiger partial charge in [0.2, 0.25) is 5.91 Å². The molecule has 3 rings (SSSR count). The zero-order chi connectivity index (χ0) is 16.9. The van der Waals surface area contributed by atoms with Crippen molar-refractivity contribution in [1.82, 2.24) is 9.97 Å². The van der Waals surface area contributed by atoms with Gasteiger partial charge in [-0.05, 0) is 0 Å². The number of carbonyl (C=O) groups is 1. The zero-order valence-corrected chi connectivity index (χ0v) is 13.5. The van der Waals surface area contributed by atoms with Crippen LogP contribution in [0.3, 0.4) is 0 Å². The third-order valence-corrected chi connectivity index (χ3v) is 4.19. The number of rotatable bonds is 4. The Morgan fingerprint density at radius 2 is 2.29 bits per heavy atom. The van der Waals surface area contributed by atoms with Crippen molar-refractivity contribution in [3.05, 3.63) is 23.5 Å². The summed E-state index contributed by atoms with van der Waals surface area (Å²) in [5, 5.41) is 12.9. The van der Waals surface area contributed by atoms with Crippen LogP contribution in [0.2, 0.25) is 0 Å². The molecule has 0 atom stereocenters. The highest BCUT2D eigenvalue weighted by Crippen LogP contribution is 2.27. The van der Waals surface area contributed by atoms with E-state index in [9.17, 15) is 9.18 Å². The van der Waals surface area contributed by atoms with Crippen LogP contribution in [-0.2, 0) is 9.53 Å². The smallest absolute Gasteiger partial charge is 0.240 e. The van der Waals surface area contributed by atoms with E-state index in [1.165, 1.54) is 6.07 Å². The number of nitrogens with zero attached hydrogens (tertiary/aromatic N) is 4. The number of nitrogens with one attached hydrogen (secondary N) is 1. The molecule has 0 unspecified atom stereocenters. The van der Waals surface area contributed by atoms with Crippen molar-refractivity contribution in [2.75, 3.05) is 36.5 Å². The summed E-state index contributed by atoms with van der Waals surface area (Å²) in [5.74, 6) is -0.923. The summed E-state index contributed by atoms with van der Waals surface area (Å²) >= 11 is 1.15. The van der Waals surface area contributed by atoms with Crippen LogP contribution in [-0.4, -0.2) is 42.2 Å². The van der Waals surface area contributed by atoms with Gasteiger partial charge in [-0.3, -0.25) is 4.79 Å². The summed E-state index contributed by atoms with van der Waals surface area (Å²) in [5.41, 5.74) is 1.18. The number of aromatic nitrogens is 2. The van der Waals surface area contributed by atoms with Crippen LogP contribution < -0.4 is 10.2 Å². The van der Waals surface area contributed by atoms with Gasteiger partial charge in [0.15, 0.2) is 10.9 Å². The lowest BCUT2D eigenvalue weighted by atomic mass is 10.2. The van der Waals surface area contributed by atoms with Crippen LogP contribution in [0.1, 0.15) is 6.42 Å². The Morgan fingerprint density at radius 1 is 1.50 bits per heavy atom. The Hall–Kier alpha value is -2.57. The summed E-state index contributed by atoms with van der Waals surface area (Å²) in [7, 11) is 0. The van der Waals surface area contributed by atoms with E-state index in [1.54, 1.807) is 17.6 Å². The Morgan fingerprint density at radius 3 is 3.00 bits per heavy atom. The summed E-state index contributed by atoms with van der Waals surface area (Å²) < 4.78 is 19.7. The number of anilines is 2. The van der Waals surface area contributed by atoms with Crippen molar-refractivity contribution in [1.29, 1.82) is 5.26 Å². The molecule has 124 valence electrons. The van der Waals surface area contributed by atoms with E-state index < -0.39 is 11.7 Å². The summed E-state index contributed by atoms with van der Waals surface area (Å²) in [6.45, 7) is 2.63. The maximum absolute atomic E-state index is 14.4. The third-order valence-electron chi connectivity index (χ3n) is 3.44. The van der Waals surface area contributed by atoms with E-state index in [0.717, 1.165) is 11.3 Å². The van der Waals surface area contributed by atoms with Crippen LogP contribution in [0.4, 0.5) is 15.2 Å². The van der Waals surface area contributed by atoms with Crippen LogP contribution in [0.15, 0.2) is 17.6 Å². The molecule has 0 aliphatic carbocycles. The minimum absolute atomic E-state index is 0.129. The SMILES string of the molecule is N#CCC(=O)Nc1nc(-c2ncc(N3CCOCC3)cc2F)cs1. The molecule has 7 nitrogen and oxygen atoms in total. The van der Waals surface area contributed by atoms with Crippen LogP contribution in [0.5, 0.6) is 0 Å². The number of halogens is 1. The fraction of sp³-hybridized carbons (Fsp3) is 0.333. The van der Waals surface area contributed by atoms with Crippen molar-refractivity contribution in [2.24, 2.45) is 0 Å². The van der Waals surface area contributed by atoms with E-state index in [1.807, 2.05) is 4.90 Å². The van der Waals surface area contributed by atoms with Gasteiger partial charge in [-0.1, -0.05) is 0 Å². The van der Waals surface area contributed by atoms with Gasteiger partial charge in [0, 0.05) is 24.5 Å². The molecule has 1 saturated heterocycles. The van der Waals surface area contributed by atoms with Crippen LogP contribution in [0.25, 0.3) is 11.4 Å². The molecule has 1 aliphatic heterocycles. The number of hydrogen-bond acceptors (Lipinski definition) is 7. The normalized spacial score (nSPS) is 14.2. The van der Waals surface area contributed by atoms with Gasteiger partial charge in [-0.2, -0.15) is 5.26 Å². The van der Waals surface area contributed by atoms with Crippen molar-refractivity contribution < 1.29 is 13.9 Å². The molecule has 0 spiro atoms. The first kappa shape index (κ1) is 16.3. The molecule has 1 fully saturated rings. The minimum Gasteiger partial charge on any atom is -0.378 e. The molecule has 2 aromatic rings. The fourth-order valence-electron chi connectivity index (χ4n) is 2.29. The lowest BCUT2D eigenvalue weighted by Gasteiger charge is -2.28. The quantitative estimate of drug-likeness (QED) is 0.910. The molecule has 1 aliphatic rings. The number of amides is 1. The Labute approximate surface area is 141 Å². The average Bonchev–Trinajstić information content (AvgIpc) is 3.04. The Kier molecular flexibility index (Phi) is 4.98. The lowest BCUT2D eigenvalue weighted by molar-refractivity contribution is -0.115. The molecular weight excluding hydrogens is 333 g/mol. The second-order valence-electron chi connectivity index (χ2n) is 5.04. The number of pyridine rings is 1. The maximum Gasteiger partial charge on any atom is 0.240 e. The highest BCUT2D eigenvalue weighted by atomic mass is 32.1. The number of ether oxygens (including phenoxy) is 1. The highest BCUT2D eigenvalue weighted by Gasteiger charge is 2.17. The first-order valence-electron chi connectivity index (χ1n) is 7.28. The molecule has 0 aromatic carbocycles. The van der Waals surface area contributed by atoms with Crippen LogP contribution in [0, 0.1) is 17.1 Å². The van der Waals surface area contributed by atoms with Gasteiger partial charge in [0.1, 0.15) is 17.8 Å². The molecule has 1 N–H and O–H groups in total. The highest BCUT2D eigenvalue weighted by molar-refractivity contribution is 7.14. The maximum atomic E-state index is 14.4. The second-order valence-corrected chi connectivity index (χ2v) is 5.90. The first-order chi connectivity index (χ1) is 11.7. The summed E-state index contributed by atoms with van der Waals surface area (Å²) in [4.78, 5) is 21.7. The molecule has 1 amide bonds. The van der Waals surface area contributed by atoms with E-state index in [0.29, 0.717) is 42.8 Å². The lowest BCUT2D eigenvalue weighted by Crippen LogP contribution is -2.36. The van der Waals surface area contributed by atoms with Crippen LogP contribution >= 0.6 is 11.3 Å². The molecule has 24 heavy (non-hydrogen) atoms. The van der Waals surface area contributed by atoms with Gasteiger partial charge in [-0.25, -0.2) is 14.4 Å². The molecular formula is C15H14FN5O2S. The van der Waals surface area contributed by atoms with Crippen molar-refractivity contribution in [2.45, 2.75) is 6.42 Å². The number of morpholine rings is 1. The molecule has 3 heterocycles. The fourth-order valence-corrected chi connectivity index (χ4v) is 3.00. The van der Waals surface area contributed by atoms with Gasteiger partial charge in [0.25, 0.3) is 0 Å². The van der Waals surface area contributed by atoms with E-state index in [4.69, 9.17) is 10.00 Å². The molecule has 9 heteroatoms. The van der Waals surface area contributed by atoms with Crippen molar-refractivity contribution in [3.8, 4) is 17.5 Å². The van der Waals surface area contributed by atoms with Gasteiger partial charge < -0.3 is 15.0 Å². The van der Waals surface area contributed by atoms with Gasteiger partial charge in [0.05, 0.1) is 31.2 Å². The number of carbonyl (C=O) groups excluding carboxylic acids is 1. The predicted octanol–water partition coefficient (Wildman–Crippen LogP) is 2.03. The van der Waals surface area contributed by atoms with Crippen molar-refractivity contribution in [3.63, 3.8) is 0 Å². The molecule has 0 saturated carbocycles. The largest absolute Gasteiger partial charge is 0.378 e. The average molecular weight is 347 g/mol. The molecule has 0 radical (unpaired) electrons. The summed E-state index contributed by atoms with van der Waals surface area (Å²) in [6.07, 6.45) is 1.35. The van der Waals surface area contributed by atoms with Gasteiger partial charge >= 0.3 is 0 Å². The predicted molar refractivity (Wildman–Crippen MR) is 87.2 cm³/mol. The zero-order valence-electron chi connectivity index (χ0n) is 12.7. The number of hydrogen-bond donors (Lipinski definition) is 1. The third kappa shape index (κ3) is 3.67. The Balaban J connectivity index is 1.76.